The van der Waals surface area contributed by atoms with E-state index in [0.717, 1.165) is 4.90 Å². The van der Waals surface area contributed by atoms with Gasteiger partial charge in [-0.15, -0.1) is 0 Å². The van der Waals surface area contributed by atoms with Crippen molar-refractivity contribution in [3.8, 4) is 5.88 Å². The number of rotatable bonds is 1. The summed E-state index contributed by atoms with van der Waals surface area (Å²) in [5, 5.41) is 0. The van der Waals surface area contributed by atoms with Crippen LogP contribution in [0.5, 0.6) is 5.88 Å². The van der Waals surface area contributed by atoms with Gasteiger partial charge in [0.1, 0.15) is 18.7 Å². The van der Waals surface area contributed by atoms with E-state index in [4.69, 9.17) is 4.74 Å². The lowest BCUT2D eigenvalue weighted by Gasteiger charge is -2.28. The van der Waals surface area contributed by atoms with E-state index in [1.165, 1.54) is 12.3 Å². The van der Waals surface area contributed by atoms with Gasteiger partial charge in [0.05, 0.1) is 6.54 Å². The molecule has 2 heterocycles. The first-order chi connectivity index (χ1) is 7.97. The third-order valence-electron chi connectivity index (χ3n) is 2.25. The number of carbonyl (C=O) groups excluding carboxylic acids is 1. The normalized spacial score (nSPS) is 15.1. The summed E-state index contributed by atoms with van der Waals surface area (Å²) < 4.78 is 41.6. The molecule has 0 bridgehead atoms. The van der Waals surface area contributed by atoms with Crippen molar-refractivity contribution in [2.75, 3.05) is 18.1 Å². The highest BCUT2D eigenvalue weighted by Gasteiger charge is 2.35. The Kier molecular flexibility index (Phi) is 2.91. The number of halogens is 3. The minimum absolute atomic E-state index is 0.105. The molecule has 92 valence electrons. The molecule has 1 aliphatic heterocycles. The fraction of sp³-hybridized carbons (Fsp3) is 0.400. The number of anilines is 1. The molecule has 0 atom stereocenters. The van der Waals surface area contributed by atoms with Crippen molar-refractivity contribution in [3.05, 3.63) is 18.3 Å². The van der Waals surface area contributed by atoms with Crippen molar-refractivity contribution in [3.63, 3.8) is 0 Å². The van der Waals surface area contributed by atoms with Gasteiger partial charge in [-0.1, -0.05) is 0 Å². The molecule has 0 N–H and O–H groups in total. The Morgan fingerprint density at radius 2 is 2.29 bits per heavy atom. The lowest BCUT2D eigenvalue weighted by molar-refractivity contribution is -0.152. The summed E-state index contributed by atoms with van der Waals surface area (Å²) in [4.78, 5) is 16.4. The first-order valence-electron chi connectivity index (χ1n) is 4.92. The van der Waals surface area contributed by atoms with Gasteiger partial charge in [0.15, 0.2) is 0 Å². The SMILES string of the molecule is O=C(CC(F)(F)F)N1CCOc2ncccc21. The van der Waals surface area contributed by atoms with Gasteiger partial charge in [-0.05, 0) is 12.1 Å². The van der Waals surface area contributed by atoms with Crippen LogP contribution in [-0.4, -0.2) is 30.2 Å². The number of fused-ring (bicyclic) bond motifs is 1. The highest BCUT2D eigenvalue weighted by molar-refractivity contribution is 5.95. The van der Waals surface area contributed by atoms with E-state index in [-0.39, 0.29) is 24.7 Å². The maximum absolute atomic E-state index is 12.1. The van der Waals surface area contributed by atoms with Gasteiger partial charge in [-0.3, -0.25) is 4.79 Å². The van der Waals surface area contributed by atoms with Crippen LogP contribution in [0, 0.1) is 0 Å². The van der Waals surface area contributed by atoms with E-state index < -0.39 is 18.5 Å². The molecule has 0 saturated carbocycles. The molecule has 2 rings (SSSR count). The highest BCUT2D eigenvalue weighted by atomic mass is 19.4. The average Bonchev–Trinajstić information content (AvgIpc) is 2.26. The van der Waals surface area contributed by atoms with E-state index in [1.807, 2.05) is 0 Å². The Labute approximate surface area is 95.0 Å². The molecule has 1 aromatic heterocycles. The smallest absolute Gasteiger partial charge is 0.397 e. The molecule has 0 unspecified atom stereocenters. The molecular weight excluding hydrogens is 237 g/mol. The predicted molar refractivity (Wildman–Crippen MR) is 52.8 cm³/mol. The number of aromatic nitrogens is 1. The van der Waals surface area contributed by atoms with Crippen LogP contribution in [0.15, 0.2) is 18.3 Å². The number of alkyl halides is 3. The van der Waals surface area contributed by atoms with Crippen LogP contribution < -0.4 is 9.64 Å². The van der Waals surface area contributed by atoms with E-state index in [9.17, 15) is 18.0 Å². The van der Waals surface area contributed by atoms with Crippen molar-refractivity contribution in [1.29, 1.82) is 0 Å². The molecule has 0 radical (unpaired) electrons. The third kappa shape index (κ3) is 2.66. The molecule has 0 aliphatic carbocycles. The monoisotopic (exact) mass is 246 g/mol. The Morgan fingerprint density at radius 3 is 3.00 bits per heavy atom. The maximum atomic E-state index is 12.1. The quantitative estimate of drug-likeness (QED) is 0.758. The number of pyridine rings is 1. The molecule has 0 spiro atoms. The summed E-state index contributed by atoms with van der Waals surface area (Å²) in [6, 6.07) is 3.05. The maximum Gasteiger partial charge on any atom is 0.397 e. The van der Waals surface area contributed by atoms with Crippen molar-refractivity contribution in [1.82, 2.24) is 4.98 Å². The zero-order chi connectivity index (χ0) is 12.5. The van der Waals surface area contributed by atoms with Gasteiger partial charge >= 0.3 is 6.18 Å². The molecule has 7 heteroatoms. The first-order valence-corrected chi connectivity index (χ1v) is 4.92. The van der Waals surface area contributed by atoms with E-state index in [1.54, 1.807) is 6.07 Å². The van der Waals surface area contributed by atoms with Crippen LogP contribution in [0.25, 0.3) is 0 Å². The number of carbonyl (C=O) groups is 1. The zero-order valence-corrected chi connectivity index (χ0v) is 8.70. The molecule has 0 fully saturated rings. The van der Waals surface area contributed by atoms with Crippen LogP contribution in [-0.2, 0) is 4.79 Å². The summed E-state index contributed by atoms with van der Waals surface area (Å²) in [7, 11) is 0. The van der Waals surface area contributed by atoms with Gasteiger partial charge in [-0.25, -0.2) is 4.98 Å². The molecule has 0 aromatic carbocycles. The van der Waals surface area contributed by atoms with Crippen molar-refractivity contribution < 1.29 is 22.7 Å². The molecule has 1 aliphatic rings. The lowest BCUT2D eigenvalue weighted by Crippen LogP contribution is -2.40. The molecule has 1 amide bonds. The van der Waals surface area contributed by atoms with Crippen LogP contribution in [0.2, 0.25) is 0 Å². The largest absolute Gasteiger partial charge is 0.474 e. The second-order valence-electron chi connectivity index (χ2n) is 3.51. The molecule has 1 aromatic rings. The second kappa shape index (κ2) is 4.23. The van der Waals surface area contributed by atoms with Crippen LogP contribution in [0.4, 0.5) is 18.9 Å². The predicted octanol–water partition coefficient (Wildman–Crippen LogP) is 1.76. The topological polar surface area (TPSA) is 42.4 Å². The number of hydrogen-bond acceptors (Lipinski definition) is 3. The average molecular weight is 246 g/mol. The number of hydrogen-bond donors (Lipinski definition) is 0. The number of ether oxygens (including phenoxy) is 1. The van der Waals surface area contributed by atoms with E-state index >= 15 is 0 Å². The first kappa shape index (κ1) is 11.7. The minimum atomic E-state index is -4.50. The Balaban J connectivity index is 2.21. The van der Waals surface area contributed by atoms with Crippen LogP contribution in [0.1, 0.15) is 6.42 Å². The Morgan fingerprint density at radius 1 is 1.53 bits per heavy atom. The van der Waals surface area contributed by atoms with Crippen LogP contribution in [0.3, 0.4) is 0 Å². The fourth-order valence-corrected chi connectivity index (χ4v) is 1.58. The minimum Gasteiger partial charge on any atom is -0.474 e. The van der Waals surface area contributed by atoms with E-state index in [2.05, 4.69) is 4.98 Å². The van der Waals surface area contributed by atoms with Gasteiger partial charge < -0.3 is 9.64 Å². The van der Waals surface area contributed by atoms with Crippen molar-refractivity contribution >= 4 is 11.6 Å². The van der Waals surface area contributed by atoms with Gasteiger partial charge in [0, 0.05) is 6.20 Å². The Hall–Kier alpha value is -1.79. The summed E-state index contributed by atoms with van der Waals surface area (Å²) in [6.45, 7) is 0.251. The van der Waals surface area contributed by atoms with Gasteiger partial charge in [0.2, 0.25) is 11.8 Å². The van der Waals surface area contributed by atoms with Crippen molar-refractivity contribution in [2.45, 2.75) is 12.6 Å². The fourth-order valence-electron chi connectivity index (χ4n) is 1.58. The number of nitrogens with zero attached hydrogens (tertiary/aromatic N) is 2. The summed E-state index contributed by atoms with van der Waals surface area (Å²) in [5.74, 6) is -0.802. The molecule has 0 saturated heterocycles. The standard InChI is InChI=1S/C10H9F3N2O2/c11-10(12,13)6-8(16)15-4-5-17-9-7(15)2-1-3-14-9/h1-3H,4-6H2. The van der Waals surface area contributed by atoms with E-state index in [0.29, 0.717) is 0 Å². The molecule has 4 nitrogen and oxygen atoms in total. The molecule has 17 heavy (non-hydrogen) atoms. The third-order valence-corrected chi connectivity index (χ3v) is 2.25. The van der Waals surface area contributed by atoms with Crippen LogP contribution >= 0.6 is 0 Å². The van der Waals surface area contributed by atoms with Gasteiger partial charge in [-0.2, -0.15) is 13.2 Å². The van der Waals surface area contributed by atoms with Gasteiger partial charge in [0.25, 0.3) is 0 Å². The Bertz CT molecular complexity index is 434. The summed E-state index contributed by atoms with van der Waals surface area (Å²) in [5.41, 5.74) is 0.285. The number of amides is 1. The zero-order valence-electron chi connectivity index (χ0n) is 8.70. The summed E-state index contributed by atoms with van der Waals surface area (Å²) in [6.07, 6.45) is -4.52. The van der Waals surface area contributed by atoms with Crippen molar-refractivity contribution in [2.24, 2.45) is 0 Å². The molecular formula is C10H9F3N2O2. The second-order valence-corrected chi connectivity index (χ2v) is 3.51. The summed E-state index contributed by atoms with van der Waals surface area (Å²) >= 11 is 0. The lowest BCUT2D eigenvalue weighted by atomic mass is 10.2. The highest BCUT2D eigenvalue weighted by Crippen LogP contribution is 2.30.